The van der Waals surface area contributed by atoms with Crippen molar-refractivity contribution in [2.24, 2.45) is 0 Å². The van der Waals surface area contributed by atoms with Crippen LogP contribution in [0.1, 0.15) is 62.2 Å². The van der Waals surface area contributed by atoms with Crippen LogP contribution in [0.25, 0.3) is 0 Å². The molecule has 2 heterocycles. The number of amides is 2. The van der Waals surface area contributed by atoms with Crippen LogP contribution in [0.5, 0.6) is 0 Å². The first kappa shape index (κ1) is 24.1. The van der Waals surface area contributed by atoms with Gasteiger partial charge < -0.3 is 20.9 Å². The van der Waals surface area contributed by atoms with Crippen LogP contribution in [-0.4, -0.2) is 42.9 Å². The summed E-state index contributed by atoms with van der Waals surface area (Å²) >= 11 is 0. The molecule has 1 fully saturated rings. The van der Waals surface area contributed by atoms with E-state index in [1.54, 1.807) is 0 Å². The second-order valence-electron chi connectivity index (χ2n) is 9.83. The van der Waals surface area contributed by atoms with Crippen molar-refractivity contribution in [1.29, 1.82) is 0 Å². The van der Waals surface area contributed by atoms with Crippen molar-refractivity contribution in [3.63, 3.8) is 0 Å². The third-order valence-corrected chi connectivity index (χ3v) is 7.14. The van der Waals surface area contributed by atoms with Crippen LogP contribution in [0, 0.1) is 6.92 Å². The molecule has 5 rings (SSSR count). The molecule has 6 nitrogen and oxygen atoms in total. The van der Waals surface area contributed by atoms with Crippen LogP contribution < -0.4 is 16.0 Å². The standard InChI is InChI=1S/C30H34N4O2/c1-21-6-5-7-22(18-21)19-24-10-13-27(28-26(24)20-32-30(28)36)33-29(35)23-8-11-25(12-9-23)31-14-17-34-15-3-2-4-16-34/h5-13,18,31H,2-4,14-17,19-20H2,1H3,(H,32,36)(H,33,35). The van der Waals surface area contributed by atoms with E-state index in [1.807, 2.05) is 36.4 Å². The smallest absolute Gasteiger partial charge is 0.255 e. The minimum atomic E-state index is -0.219. The summed E-state index contributed by atoms with van der Waals surface area (Å²) in [5, 5.41) is 9.34. The molecule has 0 bridgehead atoms. The van der Waals surface area contributed by atoms with Gasteiger partial charge in [0.1, 0.15) is 0 Å². The van der Waals surface area contributed by atoms with E-state index in [9.17, 15) is 9.59 Å². The Morgan fingerprint density at radius 3 is 2.58 bits per heavy atom. The van der Waals surface area contributed by atoms with Crippen molar-refractivity contribution >= 4 is 23.2 Å². The minimum Gasteiger partial charge on any atom is -0.384 e. The van der Waals surface area contributed by atoms with Crippen LogP contribution >= 0.6 is 0 Å². The molecule has 2 aliphatic rings. The number of carbonyl (C=O) groups excluding carboxylic acids is 2. The van der Waals surface area contributed by atoms with E-state index < -0.39 is 0 Å². The molecule has 6 heteroatoms. The predicted octanol–water partition coefficient (Wildman–Crippen LogP) is 4.98. The SMILES string of the molecule is Cc1cccc(Cc2ccc(NC(=O)c3ccc(NCCN4CCCCC4)cc3)c3c2CNC3=O)c1. The van der Waals surface area contributed by atoms with Crippen molar-refractivity contribution in [1.82, 2.24) is 10.2 Å². The quantitative estimate of drug-likeness (QED) is 0.423. The maximum Gasteiger partial charge on any atom is 0.255 e. The fourth-order valence-corrected chi connectivity index (χ4v) is 5.20. The Hall–Kier alpha value is -3.64. The average molecular weight is 483 g/mol. The highest BCUT2D eigenvalue weighted by Crippen LogP contribution is 2.30. The Morgan fingerprint density at radius 1 is 1.00 bits per heavy atom. The Morgan fingerprint density at radius 2 is 1.81 bits per heavy atom. The van der Waals surface area contributed by atoms with Gasteiger partial charge in [-0.2, -0.15) is 0 Å². The van der Waals surface area contributed by atoms with Crippen LogP contribution in [-0.2, 0) is 13.0 Å². The summed E-state index contributed by atoms with van der Waals surface area (Å²) in [6.45, 7) is 6.87. The lowest BCUT2D eigenvalue weighted by atomic mass is 9.95. The van der Waals surface area contributed by atoms with Crippen molar-refractivity contribution in [3.8, 4) is 0 Å². The molecule has 0 unspecified atom stereocenters. The molecule has 1 saturated heterocycles. The number of fused-ring (bicyclic) bond motifs is 1. The van der Waals surface area contributed by atoms with E-state index in [0.29, 0.717) is 23.4 Å². The van der Waals surface area contributed by atoms with Crippen molar-refractivity contribution in [3.05, 3.63) is 94.0 Å². The monoisotopic (exact) mass is 482 g/mol. The van der Waals surface area contributed by atoms with E-state index in [2.05, 4.69) is 52.0 Å². The number of nitrogens with one attached hydrogen (secondary N) is 3. The van der Waals surface area contributed by atoms with Gasteiger partial charge in [0.25, 0.3) is 11.8 Å². The Balaban J connectivity index is 1.24. The van der Waals surface area contributed by atoms with E-state index in [0.717, 1.165) is 36.3 Å². The fourth-order valence-electron chi connectivity index (χ4n) is 5.20. The molecule has 0 aliphatic carbocycles. The lowest BCUT2D eigenvalue weighted by Gasteiger charge is -2.26. The number of benzene rings is 3. The number of aryl methyl sites for hydroxylation is 1. The normalized spacial score (nSPS) is 15.3. The van der Waals surface area contributed by atoms with Crippen LogP contribution in [0.3, 0.4) is 0 Å². The number of rotatable bonds is 8. The lowest BCUT2D eigenvalue weighted by molar-refractivity contribution is 0.0966. The number of anilines is 2. The van der Waals surface area contributed by atoms with Crippen molar-refractivity contribution in [2.45, 2.75) is 39.2 Å². The molecule has 0 atom stereocenters. The fraction of sp³-hybridized carbons (Fsp3) is 0.333. The van der Waals surface area contributed by atoms with Gasteiger partial charge in [0, 0.05) is 30.9 Å². The number of carbonyl (C=O) groups is 2. The molecule has 2 aliphatic heterocycles. The third-order valence-electron chi connectivity index (χ3n) is 7.14. The summed E-state index contributed by atoms with van der Waals surface area (Å²) in [5.41, 5.74) is 7.19. The first-order chi connectivity index (χ1) is 17.6. The van der Waals surface area contributed by atoms with Crippen molar-refractivity contribution in [2.75, 3.05) is 36.8 Å². The highest BCUT2D eigenvalue weighted by atomic mass is 16.2. The van der Waals surface area contributed by atoms with Crippen LogP contribution in [0.4, 0.5) is 11.4 Å². The molecule has 0 aromatic heterocycles. The summed E-state index contributed by atoms with van der Waals surface area (Å²) in [6.07, 6.45) is 4.69. The molecule has 36 heavy (non-hydrogen) atoms. The van der Waals surface area contributed by atoms with Gasteiger partial charge in [0.2, 0.25) is 0 Å². The molecule has 186 valence electrons. The first-order valence-corrected chi connectivity index (χ1v) is 12.9. The highest BCUT2D eigenvalue weighted by molar-refractivity contribution is 6.10. The van der Waals surface area contributed by atoms with E-state index >= 15 is 0 Å². The number of hydrogen-bond donors (Lipinski definition) is 3. The summed E-state index contributed by atoms with van der Waals surface area (Å²) < 4.78 is 0. The molecule has 3 N–H and O–H groups in total. The van der Waals surface area contributed by atoms with E-state index in [-0.39, 0.29) is 11.8 Å². The Kier molecular flexibility index (Phi) is 7.33. The molecular formula is C30H34N4O2. The minimum absolute atomic E-state index is 0.139. The van der Waals surface area contributed by atoms with Crippen molar-refractivity contribution < 1.29 is 9.59 Å². The maximum absolute atomic E-state index is 13.0. The van der Waals surface area contributed by atoms with Gasteiger partial charge in [-0.25, -0.2) is 0 Å². The third kappa shape index (κ3) is 5.60. The zero-order chi connectivity index (χ0) is 24.9. The molecular weight excluding hydrogens is 448 g/mol. The number of hydrogen-bond acceptors (Lipinski definition) is 4. The molecule has 0 spiro atoms. The summed E-state index contributed by atoms with van der Waals surface area (Å²) in [6, 6.07) is 19.8. The second kappa shape index (κ2) is 11.0. The number of likely N-dealkylation sites (tertiary alicyclic amines) is 1. The van der Waals surface area contributed by atoms with Gasteiger partial charge in [-0.15, -0.1) is 0 Å². The van der Waals surface area contributed by atoms with Crippen LogP contribution in [0.15, 0.2) is 60.7 Å². The summed E-state index contributed by atoms with van der Waals surface area (Å²) in [7, 11) is 0. The molecule has 3 aromatic rings. The van der Waals surface area contributed by atoms with E-state index in [4.69, 9.17) is 0 Å². The number of nitrogens with zero attached hydrogens (tertiary/aromatic N) is 1. The molecule has 3 aromatic carbocycles. The Bertz CT molecular complexity index is 1250. The zero-order valence-electron chi connectivity index (χ0n) is 20.9. The molecule has 2 amide bonds. The average Bonchev–Trinajstić information content (AvgIpc) is 3.29. The van der Waals surface area contributed by atoms with Gasteiger partial charge in [0.05, 0.1) is 11.3 Å². The van der Waals surface area contributed by atoms with E-state index in [1.165, 1.54) is 43.5 Å². The first-order valence-electron chi connectivity index (χ1n) is 12.9. The summed E-state index contributed by atoms with van der Waals surface area (Å²) in [4.78, 5) is 28.1. The maximum atomic E-state index is 13.0. The van der Waals surface area contributed by atoms with Gasteiger partial charge in [0.15, 0.2) is 0 Å². The summed E-state index contributed by atoms with van der Waals surface area (Å²) in [5.74, 6) is -0.358. The van der Waals surface area contributed by atoms with Gasteiger partial charge >= 0.3 is 0 Å². The molecule has 0 radical (unpaired) electrons. The zero-order valence-corrected chi connectivity index (χ0v) is 20.9. The topological polar surface area (TPSA) is 73.5 Å². The molecule has 0 saturated carbocycles. The van der Waals surface area contributed by atoms with Crippen LogP contribution in [0.2, 0.25) is 0 Å². The second-order valence-corrected chi connectivity index (χ2v) is 9.83. The van der Waals surface area contributed by atoms with Gasteiger partial charge in [-0.3, -0.25) is 9.59 Å². The predicted molar refractivity (Wildman–Crippen MR) is 145 cm³/mol. The lowest BCUT2D eigenvalue weighted by Crippen LogP contribution is -2.33. The van der Waals surface area contributed by atoms with Gasteiger partial charge in [-0.1, -0.05) is 42.3 Å². The highest BCUT2D eigenvalue weighted by Gasteiger charge is 2.26. The van der Waals surface area contributed by atoms with Gasteiger partial charge in [-0.05, 0) is 86.3 Å². The number of piperidine rings is 1. The Labute approximate surface area is 213 Å². The largest absolute Gasteiger partial charge is 0.384 e.